The molecule has 184 valence electrons. The molecule has 7 heteroatoms. The van der Waals surface area contributed by atoms with Crippen LogP contribution in [-0.2, 0) is 11.2 Å². The van der Waals surface area contributed by atoms with Crippen LogP contribution in [0, 0.1) is 12.8 Å². The first-order valence-corrected chi connectivity index (χ1v) is 12.0. The number of carbonyl (C=O) groups is 1. The number of aryl methyl sites for hydroxylation is 2. The van der Waals surface area contributed by atoms with Gasteiger partial charge in [0, 0.05) is 36.7 Å². The van der Waals surface area contributed by atoms with Crippen LogP contribution in [0.25, 0.3) is 0 Å². The zero-order valence-electron chi connectivity index (χ0n) is 20.9. The van der Waals surface area contributed by atoms with E-state index in [-0.39, 0.29) is 24.0 Å². The zero-order valence-corrected chi connectivity index (χ0v) is 20.9. The van der Waals surface area contributed by atoms with Gasteiger partial charge in [-0.3, -0.25) is 4.79 Å². The summed E-state index contributed by atoms with van der Waals surface area (Å²) in [4.78, 5) is 11.5. The highest BCUT2D eigenvalue weighted by atomic mass is 16.5. The van der Waals surface area contributed by atoms with E-state index in [2.05, 4.69) is 54.1 Å². The minimum atomic E-state index is -0.609. The number of nitrogens with zero attached hydrogens (tertiary/aromatic N) is 1. The summed E-state index contributed by atoms with van der Waals surface area (Å²) in [7, 11) is 0. The maximum atomic E-state index is 11.5. The predicted molar refractivity (Wildman–Crippen MR) is 138 cm³/mol. The molecule has 0 aliphatic carbocycles. The summed E-state index contributed by atoms with van der Waals surface area (Å²) >= 11 is 0. The molecule has 2 aromatic carbocycles. The van der Waals surface area contributed by atoms with Crippen LogP contribution in [0.5, 0.6) is 5.75 Å². The topological polar surface area (TPSA) is 95.0 Å². The highest BCUT2D eigenvalue weighted by Crippen LogP contribution is 2.21. The van der Waals surface area contributed by atoms with E-state index in [4.69, 9.17) is 4.74 Å². The Kier molecular flexibility index (Phi) is 8.69. The molecule has 7 nitrogen and oxygen atoms in total. The van der Waals surface area contributed by atoms with Crippen molar-refractivity contribution in [1.29, 1.82) is 0 Å². The van der Waals surface area contributed by atoms with Gasteiger partial charge in [-0.1, -0.05) is 38.1 Å². The SMILES string of the molecule is CCc1ccc(C)c(OCC(O)CNC(C)(C)CNc2ccc(C3=NNC(=O)CC3C)cc2)c1. The smallest absolute Gasteiger partial charge is 0.240 e. The van der Waals surface area contributed by atoms with Gasteiger partial charge in [0.05, 0.1) is 5.71 Å². The molecular weight excluding hydrogens is 428 g/mol. The third-order valence-electron chi connectivity index (χ3n) is 6.08. The van der Waals surface area contributed by atoms with Crippen molar-refractivity contribution in [3.8, 4) is 5.75 Å². The summed E-state index contributed by atoms with van der Waals surface area (Å²) in [6, 6.07) is 14.3. The van der Waals surface area contributed by atoms with Crippen molar-refractivity contribution in [3.63, 3.8) is 0 Å². The van der Waals surface area contributed by atoms with Gasteiger partial charge >= 0.3 is 0 Å². The number of hydrogen-bond donors (Lipinski definition) is 4. The monoisotopic (exact) mass is 466 g/mol. The van der Waals surface area contributed by atoms with Crippen LogP contribution in [-0.4, -0.2) is 48.1 Å². The van der Waals surface area contributed by atoms with Crippen molar-refractivity contribution in [2.45, 2.75) is 59.1 Å². The van der Waals surface area contributed by atoms with Crippen LogP contribution in [0.2, 0.25) is 0 Å². The lowest BCUT2D eigenvalue weighted by molar-refractivity contribution is -0.121. The van der Waals surface area contributed by atoms with Crippen molar-refractivity contribution in [3.05, 3.63) is 59.2 Å². The number of β-amino-alcohol motifs (C(OH)–C–C–N with tert-alkyl or cyclic N) is 1. The second kappa shape index (κ2) is 11.5. The number of ether oxygens (including phenoxy) is 1. The maximum absolute atomic E-state index is 11.5. The second-order valence-corrected chi connectivity index (χ2v) is 9.75. The van der Waals surface area contributed by atoms with Gasteiger partial charge in [-0.2, -0.15) is 5.10 Å². The largest absolute Gasteiger partial charge is 0.491 e. The molecule has 1 aliphatic heterocycles. The molecule has 2 unspecified atom stereocenters. The van der Waals surface area contributed by atoms with Crippen molar-refractivity contribution in [2.24, 2.45) is 11.0 Å². The molecular formula is C27H38N4O3. The van der Waals surface area contributed by atoms with E-state index in [9.17, 15) is 9.90 Å². The molecule has 1 heterocycles. The van der Waals surface area contributed by atoms with E-state index in [1.54, 1.807) is 0 Å². The van der Waals surface area contributed by atoms with E-state index >= 15 is 0 Å². The summed E-state index contributed by atoms with van der Waals surface area (Å²) in [5.41, 5.74) is 7.55. The number of benzene rings is 2. The van der Waals surface area contributed by atoms with Gasteiger partial charge in [-0.15, -0.1) is 0 Å². The number of hydrazone groups is 1. The van der Waals surface area contributed by atoms with Gasteiger partial charge in [0.2, 0.25) is 5.91 Å². The lowest BCUT2D eigenvalue weighted by Gasteiger charge is -2.28. The molecule has 3 rings (SSSR count). The number of anilines is 1. The van der Waals surface area contributed by atoms with Gasteiger partial charge in [-0.25, -0.2) is 5.43 Å². The van der Waals surface area contributed by atoms with Crippen LogP contribution in [0.1, 0.15) is 50.8 Å². The molecule has 1 amide bonds. The summed E-state index contributed by atoms with van der Waals surface area (Å²) in [5.74, 6) is 0.895. The Morgan fingerprint density at radius 3 is 2.65 bits per heavy atom. The molecule has 0 fully saturated rings. The Morgan fingerprint density at radius 2 is 1.97 bits per heavy atom. The predicted octanol–water partition coefficient (Wildman–Crippen LogP) is 3.64. The molecule has 0 radical (unpaired) electrons. The highest BCUT2D eigenvalue weighted by Gasteiger charge is 2.22. The molecule has 1 aliphatic rings. The zero-order chi connectivity index (χ0) is 24.7. The first-order valence-electron chi connectivity index (χ1n) is 12.0. The minimum Gasteiger partial charge on any atom is -0.491 e. The molecule has 0 aromatic heterocycles. The van der Waals surface area contributed by atoms with Crippen molar-refractivity contribution >= 4 is 17.3 Å². The first kappa shape index (κ1) is 25.7. The number of rotatable bonds is 11. The number of nitrogens with one attached hydrogen (secondary N) is 3. The standard InChI is InChI=1S/C27H38N4O3/c1-6-20-8-7-18(2)24(14-20)34-16-23(32)15-29-27(4,5)17-28-22-11-9-21(10-12-22)26-19(3)13-25(33)30-31-26/h7-12,14,19,23,28-29,32H,6,13,15-17H2,1-5H3,(H,30,33). The highest BCUT2D eigenvalue weighted by molar-refractivity contribution is 6.05. The average Bonchev–Trinajstić information content (AvgIpc) is 2.81. The molecule has 34 heavy (non-hydrogen) atoms. The molecule has 0 spiro atoms. The van der Waals surface area contributed by atoms with E-state index in [0.717, 1.165) is 34.7 Å². The molecule has 0 saturated carbocycles. The molecule has 2 aromatic rings. The fraction of sp³-hybridized carbons (Fsp3) is 0.481. The normalized spacial score (nSPS) is 17.1. The van der Waals surface area contributed by atoms with Gasteiger partial charge in [0.15, 0.2) is 0 Å². The number of aliphatic hydroxyl groups is 1. The third kappa shape index (κ3) is 7.30. The molecule has 4 N–H and O–H groups in total. The Morgan fingerprint density at radius 1 is 1.24 bits per heavy atom. The third-order valence-corrected chi connectivity index (χ3v) is 6.08. The number of hydrogen-bond acceptors (Lipinski definition) is 6. The molecule has 0 bridgehead atoms. The summed E-state index contributed by atoms with van der Waals surface area (Å²) < 4.78 is 5.87. The number of amides is 1. The average molecular weight is 467 g/mol. The Balaban J connectivity index is 1.44. The van der Waals surface area contributed by atoms with Crippen LogP contribution in [0.3, 0.4) is 0 Å². The van der Waals surface area contributed by atoms with E-state index in [1.807, 2.05) is 44.2 Å². The Bertz CT molecular complexity index is 1000. The first-order chi connectivity index (χ1) is 16.2. The lowest BCUT2D eigenvalue weighted by Crippen LogP contribution is -2.49. The Hall–Kier alpha value is -2.90. The fourth-order valence-corrected chi connectivity index (χ4v) is 3.81. The second-order valence-electron chi connectivity index (χ2n) is 9.75. The van der Waals surface area contributed by atoms with E-state index < -0.39 is 6.10 Å². The van der Waals surface area contributed by atoms with Crippen LogP contribution < -0.4 is 20.8 Å². The minimum absolute atomic E-state index is 0.0400. The van der Waals surface area contributed by atoms with Crippen LogP contribution in [0.4, 0.5) is 5.69 Å². The van der Waals surface area contributed by atoms with Crippen molar-refractivity contribution < 1.29 is 14.6 Å². The maximum Gasteiger partial charge on any atom is 0.240 e. The van der Waals surface area contributed by atoms with Gasteiger partial charge < -0.3 is 20.5 Å². The van der Waals surface area contributed by atoms with Crippen molar-refractivity contribution in [1.82, 2.24) is 10.7 Å². The van der Waals surface area contributed by atoms with Gasteiger partial charge in [0.1, 0.15) is 18.5 Å². The van der Waals surface area contributed by atoms with Crippen LogP contribution in [0.15, 0.2) is 47.6 Å². The summed E-state index contributed by atoms with van der Waals surface area (Å²) in [6.07, 6.45) is 0.804. The van der Waals surface area contributed by atoms with Gasteiger partial charge in [0.25, 0.3) is 0 Å². The lowest BCUT2D eigenvalue weighted by atomic mass is 9.94. The van der Waals surface area contributed by atoms with Gasteiger partial charge in [-0.05, 0) is 62.1 Å². The summed E-state index contributed by atoms with van der Waals surface area (Å²) in [5, 5.41) is 21.5. The molecule has 0 saturated heterocycles. The quantitative estimate of drug-likeness (QED) is 0.406. The van der Waals surface area contributed by atoms with Crippen LogP contribution >= 0.6 is 0 Å². The van der Waals surface area contributed by atoms with Crippen molar-refractivity contribution in [2.75, 3.05) is 25.0 Å². The Labute approximate surface area is 203 Å². The summed E-state index contributed by atoms with van der Waals surface area (Å²) in [6.45, 7) is 11.7. The molecule has 2 atom stereocenters. The van der Waals surface area contributed by atoms with E-state index in [0.29, 0.717) is 19.5 Å². The van der Waals surface area contributed by atoms with E-state index in [1.165, 1.54) is 5.56 Å². The number of carbonyl (C=O) groups excluding carboxylic acids is 1. The fourth-order valence-electron chi connectivity index (χ4n) is 3.81. The number of aliphatic hydroxyl groups excluding tert-OH is 1.